The summed E-state index contributed by atoms with van der Waals surface area (Å²) in [5, 5.41) is 11.2. The molecule has 29 heavy (non-hydrogen) atoms. The third-order valence-electron chi connectivity index (χ3n) is 3.91. The van der Waals surface area contributed by atoms with Gasteiger partial charge in [-0.25, -0.2) is 4.98 Å². The third kappa shape index (κ3) is 7.17. The molecule has 0 aliphatic carbocycles. The van der Waals surface area contributed by atoms with E-state index in [4.69, 9.17) is 4.42 Å². The number of nitrogens with zero attached hydrogens (tertiary/aromatic N) is 2. The Labute approximate surface area is 191 Å². The Balaban J connectivity index is 0.00000300. The predicted molar refractivity (Wildman–Crippen MR) is 127 cm³/mol. The Kier molecular flexibility index (Phi) is 9.65. The van der Waals surface area contributed by atoms with Crippen LogP contribution in [0.4, 0.5) is 0 Å². The normalized spacial score (nSPS) is 10.9. The molecule has 3 rings (SSSR count). The molecule has 1 aromatic carbocycles. The van der Waals surface area contributed by atoms with Crippen LogP contribution in [-0.2, 0) is 6.54 Å². The molecule has 7 nitrogen and oxygen atoms in total. The second kappa shape index (κ2) is 12.2. The number of thiophene rings is 1. The molecule has 0 atom stereocenters. The summed E-state index contributed by atoms with van der Waals surface area (Å²) in [6.07, 6.45) is 2.43. The van der Waals surface area contributed by atoms with Crippen LogP contribution in [0.15, 0.2) is 63.5 Å². The number of rotatable bonds is 8. The Morgan fingerprint density at radius 1 is 1.10 bits per heavy atom. The molecule has 0 unspecified atom stereocenters. The fourth-order valence-electron chi connectivity index (χ4n) is 2.49. The van der Waals surface area contributed by atoms with Crippen LogP contribution in [-0.4, -0.2) is 37.0 Å². The Hall–Kier alpha value is -2.40. The van der Waals surface area contributed by atoms with Crippen molar-refractivity contribution < 1.29 is 9.21 Å². The SMILES string of the molecule is CN=C(NCCCNC(=O)c1cccs1)NCc1coc(-c2ccccc2)n1.I. The highest BCUT2D eigenvalue weighted by molar-refractivity contribution is 14.0. The lowest BCUT2D eigenvalue weighted by atomic mass is 10.2. The number of aliphatic imine (C=N–C) groups is 1. The van der Waals surface area contributed by atoms with E-state index in [1.54, 1.807) is 13.3 Å². The summed E-state index contributed by atoms with van der Waals surface area (Å²) in [4.78, 5) is 21.3. The first kappa shape index (κ1) is 22.9. The number of carbonyl (C=O) groups is 1. The van der Waals surface area contributed by atoms with Crippen molar-refractivity contribution in [2.75, 3.05) is 20.1 Å². The van der Waals surface area contributed by atoms with Gasteiger partial charge in [0.2, 0.25) is 5.89 Å². The maximum absolute atomic E-state index is 11.8. The minimum atomic E-state index is -0.0299. The molecule has 9 heteroatoms. The van der Waals surface area contributed by atoms with E-state index < -0.39 is 0 Å². The zero-order valence-electron chi connectivity index (χ0n) is 16.1. The van der Waals surface area contributed by atoms with Crippen molar-refractivity contribution in [1.82, 2.24) is 20.9 Å². The van der Waals surface area contributed by atoms with Crippen molar-refractivity contribution in [3.63, 3.8) is 0 Å². The molecule has 2 heterocycles. The number of hydrogen-bond donors (Lipinski definition) is 3. The fraction of sp³-hybridized carbons (Fsp3) is 0.250. The second-order valence-electron chi connectivity index (χ2n) is 5.95. The van der Waals surface area contributed by atoms with Crippen LogP contribution in [0.2, 0.25) is 0 Å². The summed E-state index contributed by atoms with van der Waals surface area (Å²) >= 11 is 1.44. The largest absolute Gasteiger partial charge is 0.444 e. The standard InChI is InChI=1S/C20H23N5O2S.HI/c1-21-20(23-11-6-10-22-18(26)17-9-5-12-28-17)24-13-16-14-27-19(25-16)15-7-3-2-4-8-15;/h2-5,7-9,12,14H,6,10-11,13H2,1H3,(H,22,26)(H2,21,23,24);1H. The molecular weight excluding hydrogens is 501 g/mol. The summed E-state index contributed by atoms with van der Waals surface area (Å²) in [5.41, 5.74) is 1.74. The van der Waals surface area contributed by atoms with Crippen molar-refractivity contribution in [2.45, 2.75) is 13.0 Å². The minimum Gasteiger partial charge on any atom is -0.444 e. The molecule has 0 spiro atoms. The number of carbonyl (C=O) groups excluding carboxylic acids is 1. The smallest absolute Gasteiger partial charge is 0.261 e. The number of halogens is 1. The molecule has 0 aliphatic heterocycles. The van der Waals surface area contributed by atoms with Crippen molar-refractivity contribution in [1.29, 1.82) is 0 Å². The Bertz CT molecular complexity index is 897. The van der Waals surface area contributed by atoms with Crippen LogP contribution in [0.5, 0.6) is 0 Å². The fourth-order valence-corrected chi connectivity index (χ4v) is 3.13. The van der Waals surface area contributed by atoms with Gasteiger partial charge >= 0.3 is 0 Å². The number of guanidine groups is 1. The van der Waals surface area contributed by atoms with Gasteiger partial charge in [-0.2, -0.15) is 0 Å². The van der Waals surface area contributed by atoms with Gasteiger partial charge in [0.25, 0.3) is 5.91 Å². The van der Waals surface area contributed by atoms with Crippen LogP contribution in [0, 0.1) is 0 Å². The van der Waals surface area contributed by atoms with Gasteiger partial charge in [0.15, 0.2) is 5.96 Å². The summed E-state index contributed by atoms with van der Waals surface area (Å²) in [7, 11) is 1.71. The number of oxazole rings is 1. The number of aromatic nitrogens is 1. The molecule has 0 saturated heterocycles. The Morgan fingerprint density at radius 3 is 2.62 bits per heavy atom. The summed E-state index contributed by atoms with van der Waals surface area (Å²) < 4.78 is 5.53. The molecule has 3 N–H and O–H groups in total. The average molecular weight is 525 g/mol. The van der Waals surface area contributed by atoms with Gasteiger partial charge in [0.1, 0.15) is 6.26 Å². The van der Waals surface area contributed by atoms with Crippen LogP contribution in [0.1, 0.15) is 21.8 Å². The molecule has 0 aliphatic rings. The molecule has 0 fully saturated rings. The first-order valence-electron chi connectivity index (χ1n) is 9.02. The highest BCUT2D eigenvalue weighted by atomic mass is 127. The van der Waals surface area contributed by atoms with Gasteiger partial charge in [-0.1, -0.05) is 24.3 Å². The zero-order chi connectivity index (χ0) is 19.6. The highest BCUT2D eigenvalue weighted by Gasteiger charge is 2.07. The van der Waals surface area contributed by atoms with Crippen LogP contribution in [0.3, 0.4) is 0 Å². The van der Waals surface area contributed by atoms with Crippen molar-refractivity contribution in [2.24, 2.45) is 4.99 Å². The summed E-state index contributed by atoms with van der Waals surface area (Å²) in [5.74, 6) is 1.24. The van der Waals surface area contributed by atoms with E-state index in [0.29, 0.717) is 31.5 Å². The van der Waals surface area contributed by atoms with E-state index in [9.17, 15) is 4.79 Å². The third-order valence-corrected chi connectivity index (χ3v) is 4.78. The lowest BCUT2D eigenvalue weighted by Gasteiger charge is -2.11. The maximum atomic E-state index is 11.8. The van der Waals surface area contributed by atoms with Gasteiger partial charge in [0, 0.05) is 25.7 Å². The number of amides is 1. The monoisotopic (exact) mass is 525 g/mol. The van der Waals surface area contributed by atoms with Gasteiger partial charge in [-0.15, -0.1) is 35.3 Å². The predicted octanol–water partition coefficient (Wildman–Crippen LogP) is 3.51. The summed E-state index contributed by atoms with van der Waals surface area (Å²) in [6, 6.07) is 13.5. The molecule has 154 valence electrons. The van der Waals surface area contributed by atoms with Gasteiger partial charge in [0.05, 0.1) is 17.1 Å². The quantitative estimate of drug-likeness (QED) is 0.181. The van der Waals surface area contributed by atoms with Crippen LogP contribution < -0.4 is 16.0 Å². The molecule has 0 radical (unpaired) electrons. The van der Waals surface area contributed by atoms with Gasteiger partial charge in [-0.05, 0) is 30.0 Å². The van der Waals surface area contributed by atoms with E-state index >= 15 is 0 Å². The first-order chi connectivity index (χ1) is 13.8. The first-order valence-corrected chi connectivity index (χ1v) is 9.90. The molecule has 0 saturated carbocycles. The van der Waals surface area contributed by atoms with Gasteiger partial charge < -0.3 is 20.4 Å². The van der Waals surface area contributed by atoms with Crippen molar-refractivity contribution in [3.8, 4) is 11.5 Å². The van der Waals surface area contributed by atoms with E-state index in [2.05, 4.69) is 25.9 Å². The second-order valence-corrected chi connectivity index (χ2v) is 6.90. The van der Waals surface area contributed by atoms with Crippen molar-refractivity contribution >= 4 is 47.2 Å². The minimum absolute atomic E-state index is 0. The number of hydrogen-bond acceptors (Lipinski definition) is 5. The van der Waals surface area contributed by atoms with Crippen molar-refractivity contribution in [3.05, 3.63) is 64.7 Å². The number of benzene rings is 1. The zero-order valence-corrected chi connectivity index (χ0v) is 19.2. The highest BCUT2D eigenvalue weighted by Crippen LogP contribution is 2.17. The van der Waals surface area contributed by atoms with E-state index in [1.165, 1.54) is 11.3 Å². The Morgan fingerprint density at radius 2 is 1.90 bits per heavy atom. The molecular formula is C20H24IN5O2S. The lowest BCUT2D eigenvalue weighted by molar-refractivity contribution is 0.0957. The number of nitrogens with one attached hydrogen (secondary N) is 3. The van der Waals surface area contributed by atoms with Crippen LogP contribution in [0.25, 0.3) is 11.5 Å². The van der Waals surface area contributed by atoms with Crippen LogP contribution >= 0.6 is 35.3 Å². The lowest BCUT2D eigenvalue weighted by Crippen LogP contribution is -2.38. The summed E-state index contributed by atoms with van der Waals surface area (Å²) in [6.45, 7) is 1.80. The van der Waals surface area contributed by atoms with E-state index in [1.807, 2.05) is 47.8 Å². The maximum Gasteiger partial charge on any atom is 0.261 e. The average Bonchev–Trinajstić information content (AvgIpc) is 3.43. The molecule has 2 aromatic heterocycles. The van der Waals surface area contributed by atoms with E-state index in [-0.39, 0.29) is 29.9 Å². The molecule has 1 amide bonds. The molecule has 3 aromatic rings. The topological polar surface area (TPSA) is 91.5 Å². The molecule has 0 bridgehead atoms. The van der Waals surface area contributed by atoms with E-state index in [0.717, 1.165) is 22.6 Å². The van der Waals surface area contributed by atoms with Gasteiger partial charge in [-0.3, -0.25) is 9.79 Å².